The van der Waals surface area contributed by atoms with Crippen LogP contribution in [0.3, 0.4) is 0 Å². The van der Waals surface area contributed by atoms with E-state index in [0.717, 1.165) is 22.2 Å². The lowest BCUT2D eigenvalue weighted by molar-refractivity contribution is -0.132. The topological polar surface area (TPSA) is 78.9 Å². The van der Waals surface area contributed by atoms with Gasteiger partial charge in [-0.1, -0.05) is 22.0 Å². The second-order valence-corrected chi connectivity index (χ2v) is 7.16. The highest BCUT2D eigenvalue weighted by molar-refractivity contribution is 9.10. The molecule has 1 heterocycles. The van der Waals surface area contributed by atoms with Crippen LogP contribution in [0.2, 0.25) is 0 Å². The van der Waals surface area contributed by atoms with E-state index in [2.05, 4.69) is 21.2 Å². The zero-order valence-electron chi connectivity index (χ0n) is 12.8. The van der Waals surface area contributed by atoms with Gasteiger partial charge in [-0.05, 0) is 43.9 Å². The van der Waals surface area contributed by atoms with Gasteiger partial charge in [0.05, 0.1) is 6.54 Å². The van der Waals surface area contributed by atoms with Crippen molar-refractivity contribution in [1.82, 2.24) is 10.2 Å². The van der Waals surface area contributed by atoms with E-state index in [-0.39, 0.29) is 25.0 Å². The van der Waals surface area contributed by atoms with Gasteiger partial charge in [-0.2, -0.15) is 0 Å². The lowest BCUT2D eigenvalue weighted by Crippen LogP contribution is -2.46. The lowest BCUT2D eigenvalue weighted by Gasteiger charge is -2.22. The van der Waals surface area contributed by atoms with Gasteiger partial charge in [-0.25, -0.2) is 4.79 Å². The Balaban J connectivity index is 1.56. The van der Waals surface area contributed by atoms with Gasteiger partial charge in [-0.15, -0.1) is 0 Å². The quantitative estimate of drug-likeness (QED) is 0.736. The highest BCUT2D eigenvalue weighted by Gasteiger charge is 2.56. The number of rotatable bonds is 6. The number of hydrogen-bond acceptors (Lipinski definition) is 4. The fourth-order valence-corrected chi connectivity index (χ4v) is 3.21. The van der Waals surface area contributed by atoms with Gasteiger partial charge in [-0.3, -0.25) is 9.69 Å². The molecule has 0 bridgehead atoms. The van der Waals surface area contributed by atoms with Crippen molar-refractivity contribution in [2.75, 3.05) is 13.2 Å². The number of amides is 3. The maximum Gasteiger partial charge on any atom is 0.325 e. The van der Waals surface area contributed by atoms with Crippen molar-refractivity contribution in [3.05, 3.63) is 28.7 Å². The molecule has 1 saturated carbocycles. The summed E-state index contributed by atoms with van der Waals surface area (Å²) < 4.78 is 6.37. The maximum absolute atomic E-state index is 12.5. The maximum atomic E-state index is 12.5. The van der Waals surface area contributed by atoms with Crippen LogP contribution >= 0.6 is 15.9 Å². The first-order valence-corrected chi connectivity index (χ1v) is 8.40. The summed E-state index contributed by atoms with van der Waals surface area (Å²) in [6, 6.07) is 6.81. The smallest absolute Gasteiger partial charge is 0.325 e. The number of nitrogens with zero attached hydrogens (tertiary/aromatic N) is 1. The van der Waals surface area contributed by atoms with E-state index >= 15 is 0 Å². The summed E-state index contributed by atoms with van der Waals surface area (Å²) in [6.07, 6.45) is 0.959. The van der Waals surface area contributed by atoms with E-state index in [1.165, 1.54) is 0 Å². The average molecular weight is 383 g/mol. The number of aliphatic hydroxyl groups is 1. The minimum absolute atomic E-state index is 0.00760. The van der Waals surface area contributed by atoms with Crippen molar-refractivity contribution in [3.8, 4) is 5.75 Å². The van der Waals surface area contributed by atoms with Crippen LogP contribution < -0.4 is 10.1 Å². The monoisotopic (exact) mass is 382 g/mol. The standard InChI is InChI=1S/C16H19BrN2O4/c1-16(10-5-6-10)14(21)19(15(22)18-16)8-12(20)9-23-13-4-2-3-11(17)7-13/h2-4,7,10,12,20H,5-6,8-9H2,1H3,(H,18,22). The zero-order valence-corrected chi connectivity index (χ0v) is 14.4. The number of ether oxygens (including phenoxy) is 1. The van der Waals surface area contributed by atoms with Crippen molar-refractivity contribution in [2.45, 2.75) is 31.4 Å². The summed E-state index contributed by atoms with van der Waals surface area (Å²) in [7, 11) is 0. The number of aliphatic hydroxyl groups excluding tert-OH is 1. The highest BCUT2D eigenvalue weighted by Crippen LogP contribution is 2.42. The van der Waals surface area contributed by atoms with Crippen molar-refractivity contribution in [2.24, 2.45) is 5.92 Å². The summed E-state index contributed by atoms with van der Waals surface area (Å²) in [4.78, 5) is 25.6. The average Bonchev–Trinajstić information content (AvgIpc) is 3.32. The highest BCUT2D eigenvalue weighted by atomic mass is 79.9. The van der Waals surface area contributed by atoms with Crippen LogP contribution in [0.1, 0.15) is 19.8 Å². The molecule has 2 N–H and O–H groups in total. The van der Waals surface area contributed by atoms with Crippen LogP contribution in [0, 0.1) is 5.92 Å². The van der Waals surface area contributed by atoms with Crippen molar-refractivity contribution in [1.29, 1.82) is 0 Å². The first kappa shape index (κ1) is 16.3. The fourth-order valence-electron chi connectivity index (χ4n) is 2.83. The number of halogens is 1. The van der Waals surface area contributed by atoms with Crippen molar-refractivity contribution in [3.63, 3.8) is 0 Å². The molecule has 0 aromatic heterocycles. The molecule has 0 radical (unpaired) electrons. The van der Waals surface area contributed by atoms with Gasteiger partial charge in [0.15, 0.2) is 0 Å². The molecule has 1 saturated heterocycles. The third kappa shape index (κ3) is 3.35. The molecule has 2 aliphatic rings. The van der Waals surface area contributed by atoms with Gasteiger partial charge in [0.25, 0.3) is 5.91 Å². The van der Waals surface area contributed by atoms with Gasteiger partial charge in [0.2, 0.25) is 0 Å². The van der Waals surface area contributed by atoms with E-state index in [4.69, 9.17) is 4.74 Å². The minimum atomic E-state index is -0.940. The van der Waals surface area contributed by atoms with E-state index in [1.807, 2.05) is 12.1 Å². The molecule has 124 valence electrons. The Hall–Kier alpha value is -1.60. The van der Waals surface area contributed by atoms with Crippen LogP contribution in [0.25, 0.3) is 0 Å². The molecule has 23 heavy (non-hydrogen) atoms. The second kappa shape index (κ2) is 6.13. The molecule has 1 aromatic rings. The number of nitrogens with one attached hydrogen (secondary N) is 1. The van der Waals surface area contributed by atoms with E-state index in [1.54, 1.807) is 19.1 Å². The Morgan fingerprint density at radius 3 is 2.87 bits per heavy atom. The van der Waals surface area contributed by atoms with Crippen LogP contribution in [0.15, 0.2) is 28.7 Å². The number of imide groups is 1. The molecule has 1 aliphatic carbocycles. The Bertz CT molecular complexity index is 634. The number of carbonyl (C=O) groups excluding carboxylic acids is 2. The molecule has 7 heteroatoms. The van der Waals surface area contributed by atoms with Gasteiger partial charge in [0, 0.05) is 4.47 Å². The molecule has 0 spiro atoms. The van der Waals surface area contributed by atoms with E-state index < -0.39 is 17.7 Å². The number of carbonyl (C=O) groups is 2. The fraction of sp³-hybridized carbons (Fsp3) is 0.500. The Labute approximate surface area is 142 Å². The van der Waals surface area contributed by atoms with Gasteiger partial charge < -0.3 is 15.2 Å². The summed E-state index contributed by atoms with van der Waals surface area (Å²) >= 11 is 3.34. The molecule has 2 fully saturated rings. The summed E-state index contributed by atoms with van der Waals surface area (Å²) in [5.41, 5.74) is -0.818. The Morgan fingerprint density at radius 1 is 1.48 bits per heavy atom. The normalized spacial score (nSPS) is 25.4. The number of benzene rings is 1. The SMILES string of the molecule is CC1(C2CC2)NC(=O)N(CC(O)COc2cccc(Br)c2)C1=O. The molecule has 6 nitrogen and oxygen atoms in total. The molecule has 1 aromatic carbocycles. The van der Waals surface area contributed by atoms with Crippen LogP contribution in [-0.4, -0.2) is 46.7 Å². The summed E-state index contributed by atoms with van der Waals surface area (Å²) in [6.45, 7) is 1.70. The molecule has 3 rings (SSSR count). The van der Waals surface area contributed by atoms with Gasteiger partial charge >= 0.3 is 6.03 Å². The van der Waals surface area contributed by atoms with Gasteiger partial charge in [0.1, 0.15) is 24.0 Å². The number of urea groups is 1. The third-order valence-corrected chi connectivity index (χ3v) is 4.82. The minimum Gasteiger partial charge on any atom is -0.491 e. The van der Waals surface area contributed by atoms with Crippen molar-refractivity contribution < 1.29 is 19.4 Å². The van der Waals surface area contributed by atoms with Crippen LogP contribution in [0.5, 0.6) is 5.75 Å². The van der Waals surface area contributed by atoms with Crippen molar-refractivity contribution >= 4 is 27.9 Å². The zero-order chi connectivity index (χ0) is 16.6. The third-order valence-electron chi connectivity index (χ3n) is 4.33. The molecule has 2 atom stereocenters. The predicted octanol–water partition coefficient (Wildman–Crippen LogP) is 1.91. The first-order valence-electron chi connectivity index (χ1n) is 7.60. The predicted molar refractivity (Wildman–Crippen MR) is 87.0 cm³/mol. The van der Waals surface area contributed by atoms with Crippen LogP contribution in [-0.2, 0) is 4.79 Å². The van der Waals surface area contributed by atoms with E-state index in [9.17, 15) is 14.7 Å². The second-order valence-electron chi connectivity index (χ2n) is 6.24. The van der Waals surface area contributed by atoms with Crippen LogP contribution in [0.4, 0.5) is 4.79 Å². The molecular weight excluding hydrogens is 364 g/mol. The summed E-state index contributed by atoms with van der Waals surface area (Å²) in [5.74, 6) is 0.559. The lowest BCUT2D eigenvalue weighted by atomic mass is 9.96. The Morgan fingerprint density at radius 2 is 2.22 bits per heavy atom. The molecule has 2 unspecified atom stereocenters. The molecule has 1 aliphatic heterocycles. The van der Waals surface area contributed by atoms with E-state index in [0.29, 0.717) is 5.75 Å². The number of β-amino-alcohol motifs (C(OH)–C–C–N with tert-alkyl or cyclic N) is 1. The molecule has 3 amide bonds. The summed E-state index contributed by atoms with van der Waals surface area (Å²) in [5, 5.41) is 12.8. The molecular formula is C16H19BrN2O4. The largest absolute Gasteiger partial charge is 0.491 e. The first-order chi connectivity index (χ1) is 10.9. The Kier molecular flexibility index (Phi) is 4.33. The number of hydrogen-bond donors (Lipinski definition) is 2.